The van der Waals surface area contributed by atoms with Crippen molar-refractivity contribution in [3.63, 3.8) is 0 Å². The molecule has 2 amide bonds. The van der Waals surface area contributed by atoms with Crippen molar-refractivity contribution in [3.05, 3.63) is 87.6 Å². The average molecular weight is 534 g/mol. The Morgan fingerprint density at radius 1 is 1.15 bits per heavy atom. The van der Waals surface area contributed by atoms with Gasteiger partial charge in [0.25, 0.3) is 5.56 Å². The summed E-state index contributed by atoms with van der Waals surface area (Å²) in [5, 5.41) is 12.0. The van der Waals surface area contributed by atoms with Crippen LogP contribution in [0, 0.1) is 29.1 Å². The molecule has 1 atom stereocenters. The van der Waals surface area contributed by atoms with E-state index in [1.807, 2.05) is 6.07 Å². The molecule has 1 saturated carbocycles. The van der Waals surface area contributed by atoms with Crippen LogP contribution >= 0.6 is 0 Å². The lowest BCUT2D eigenvalue weighted by Crippen LogP contribution is -2.62. The van der Waals surface area contributed by atoms with E-state index in [-0.39, 0.29) is 41.4 Å². The molecule has 0 spiro atoms. The maximum Gasteiger partial charge on any atom is 0.427 e. The molecule has 1 aromatic heterocycles. The van der Waals surface area contributed by atoms with E-state index in [0.29, 0.717) is 24.2 Å². The van der Waals surface area contributed by atoms with E-state index in [4.69, 9.17) is 4.74 Å². The number of anilines is 1. The molecule has 0 radical (unpaired) electrons. The minimum absolute atomic E-state index is 0.0528. The van der Waals surface area contributed by atoms with E-state index in [2.05, 4.69) is 22.1 Å². The molecule has 1 N–H and O–H groups in total. The number of fused-ring (bicyclic) bond motifs is 1. The van der Waals surface area contributed by atoms with Gasteiger partial charge in [-0.05, 0) is 48.2 Å². The molecule has 1 aliphatic carbocycles. The molecule has 0 saturated heterocycles. The van der Waals surface area contributed by atoms with Crippen LogP contribution in [0.2, 0.25) is 0 Å². The van der Waals surface area contributed by atoms with Crippen LogP contribution in [0.5, 0.6) is 5.75 Å². The number of carbonyl (C=O) groups is 1. The standard InChI is InChI=1S/C28H22F3N5O3/c1-39-22-6-4-19(5-7-22)15-36-24-13-21(16-35-17-33-11-9-25(35)37)20(14-32)12-23(24)27(28(29,30)31,34-26(36)38)10-8-18-2-3-18/h4-7,9,11-13,17-18H,2-3,15-16H2,1H3,(H,34,38). The summed E-state index contributed by atoms with van der Waals surface area (Å²) in [7, 11) is 1.50. The number of nitriles is 1. The average Bonchev–Trinajstić information content (AvgIpc) is 3.75. The van der Waals surface area contributed by atoms with E-state index in [9.17, 15) is 28.0 Å². The van der Waals surface area contributed by atoms with Crippen molar-refractivity contribution in [2.24, 2.45) is 5.92 Å². The zero-order valence-corrected chi connectivity index (χ0v) is 20.7. The van der Waals surface area contributed by atoms with Crippen LogP contribution in [0.25, 0.3) is 0 Å². The molecule has 11 heteroatoms. The van der Waals surface area contributed by atoms with Crippen molar-refractivity contribution in [1.82, 2.24) is 14.9 Å². The lowest BCUT2D eigenvalue weighted by Gasteiger charge is -2.42. The number of nitrogens with one attached hydrogen (secondary N) is 1. The first-order valence-corrected chi connectivity index (χ1v) is 12.0. The summed E-state index contributed by atoms with van der Waals surface area (Å²) < 4.78 is 50.8. The quantitative estimate of drug-likeness (QED) is 0.499. The zero-order valence-electron chi connectivity index (χ0n) is 20.7. The number of benzene rings is 2. The first-order chi connectivity index (χ1) is 18.6. The highest BCUT2D eigenvalue weighted by Gasteiger charge is 2.60. The third kappa shape index (κ3) is 4.91. The van der Waals surface area contributed by atoms with Crippen LogP contribution in [0.1, 0.15) is 35.1 Å². The summed E-state index contributed by atoms with van der Waals surface area (Å²) in [6.07, 6.45) is -1.03. The van der Waals surface area contributed by atoms with Crippen molar-refractivity contribution in [1.29, 1.82) is 5.26 Å². The van der Waals surface area contributed by atoms with Gasteiger partial charge in [0.05, 0.1) is 43.8 Å². The number of nitrogens with zero attached hydrogens (tertiary/aromatic N) is 4. The van der Waals surface area contributed by atoms with Crippen LogP contribution < -0.4 is 20.5 Å². The number of ether oxygens (including phenoxy) is 1. The van der Waals surface area contributed by atoms with Gasteiger partial charge in [-0.15, -0.1) is 0 Å². The van der Waals surface area contributed by atoms with Gasteiger partial charge in [0, 0.05) is 23.7 Å². The van der Waals surface area contributed by atoms with Crippen molar-refractivity contribution in [3.8, 4) is 23.7 Å². The summed E-state index contributed by atoms with van der Waals surface area (Å²) in [6, 6.07) is 11.4. The Morgan fingerprint density at radius 2 is 1.90 bits per heavy atom. The van der Waals surface area contributed by atoms with Crippen LogP contribution in [-0.2, 0) is 18.6 Å². The van der Waals surface area contributed by atoms with E-state index >= 15 is 0 Å². The van der Waals surface area contributed by atoms with Crippen LogP contribution in [0.15, 0.2) is 59.8 Å². The first-order valence-electron chi connectivity index (χ1n) is 12.0. The lowest BCUT2D eigenvalue weighted by molar-refractivity contribution is -0.179. The number of halogens is 3. The second kappa shape index (κ2) is 9.84. The SMILES string of the molecule is COc1ccc(CN2C(=O)NC(C#CC3CC3)(C(F)(F)F)c3cc(C#N)c(Cn4cnccc4=O)cc32)cc1. The summed E-state index contributed by atoms with van der Waals surface area (Å²) in [4.78, 5) is 30.8. The molecular weight excluding hydrogens is 511 g/mol. The van der Waals surface area contributed by atoms with Crippen molar-refractivity contribution >= 4 is 11.7 Å². The van der Waals surface area contributed by atoms with Gasteiger partial charge in [0.2, 0.25) is 5.54 Å². The number of hydrogen-bond acceptors (Lipinski definition) is 5. The van der Waals surface area contributed by atoms with Crippen molar-refractivity contribution < 1.29 is 22.7 Å². The molecule has 1 fully saturated rings. The van der Waals surface area contributed by atoms with E-state index in [0.717, 1.165) is 6.07 Å². The van der Waals surface area contributed by atoms with Gasteiger partial charge in [-0.25, -0.2) is 9.78 Å². The molecule has 2 aromatic carbocycles. The topological polar surface area (TPSA) is 100 Å². The Bertz CT molecular complexity index is 1590. The van der Waals surface area contributed by atoms with Gasteiger partial charge < -0.3 is 10.1 Å². The fourth-order valence-corrected chi connectivity index (χ4v) is 4.38. The van der Waals surface area contributed by atoms with Crippen LogP contribution in [0.4, 0.5) is 23.7 Å². The fourth-order valence-electron chi connectivity index (χ4n) is 4.38. The summed E-state index contributed by atoms with van der Waals surface area (Å²) >= 11 is 0. The fraction of sp³-hybridized carbons (Fsp3) is 0.286. The Hall–Kier alpha value is -4.77. The molecule has 8 nitrogen and oxygen atoms in total. The number of amides is 2. The zero-order chi connectivity index (χ0) is 27.8. The maximum absolute atomic E-state index is 14.8. The highest BCUT2D eigenvalue weighted by molar-refractivity contribution is 5.97. The second-order valence-corrected chi connectivity index (χ2v) is 9.34. The molecule has 1 aliphatic heterocycles. The van der Waals surface area contributed by atoms with Gasteiger partial charge >= 0.3 is 12.2 Å². The highest BCUT2D eigenvalue weighted by Crippen LogP contribution is 2.47. The van der Waals surface area contributed by atoms with E-state index in [1.165, 1.54) is 41.2 Å². The predicted octanol–water partition coefficient (Wildman–Crippen LogP) is 4.07. The second-order valence-electron chi connectivity index (χ2n) is 9.34. The predicted molar refractivity (Wildman–Crippen MR) is 135 cm³/mol. The Kier molecular flexibility index (Phi) is 6.52. The first kappa shape index (κ1) is 25.9. The number of urea groups is 1. The molecular formula is C28H22F3N5O3. The van der Waals surface area contributed by atoms with Gasteiger partial charge in [-0.1, -0.05) is 24.0 Å². The molecule has 2 aliphatic rings. The van der Waals surface area contributed by atoms with Gasteiger partial charge in [0.15, 0.2) is 0 Å². The van der Waals surface area contributed by atoms with Gasteiger partial charge in [-0.2, -0.15) is 18.4 Å². The summed E-state index contributed by atoms with van der Waals surface area (Å²) in [5.74, 6) is 5.39. The maximum atomic E-state index is 14.8. The van der Waals surface area contributed by atoms with Gasteiger partial charge in [-0.3, -0.25) is 14.3 Å². The Balaban J connectivity index is 1.70. The van der Waals surface area contributed by atoms with Gasteiger partial charge in [0.1, 0.15) is 5.75 Å². The van der Waals surface area contributed by atoms with Crippen molar-refractivity contribution in [2.75, 3.05) is 12.0 Å². The number of carbonyl (C=O) groups excluding carboxylic acids is 1. The van der Waals surface area contributed by atoms with Crippen LogP contribution in [0.3, 0.4) is 0 Å². The minimum atomic E-state index is -4.99. The molecule has 0 bridgehead atoms. The number of methoxy groups -OCH3 is 1. The minimum Gasteiger partial charge on any atom is -0.497 e. The number of rotatable bonds is 5. The molecule has 5 rings (SSSR count). The number of hydrogen-bond donors (Lipinski definition) is 1. The molecule has 198 valence electrons. The molecule has 3 aromatic rings. The normalized spacial score (nSPS) is 18.3. The Morgan fingerprint density at radius 3 is 2.51 bits per heavy atom. The summed E-state index contributed by atoms with van der Waals surface area (Å²) in [6.45, 7) is -0.196. The van der Waals surface area contributed by atoms with Crippen molar-refractivity contribution in [2.45, 2.75) is 37.6 Å². The monoisotopic (exact) mass is 533 g/mol. The largest absolute Gasteiger partial charge is 0.497 e. The number of aromatic nitrogens is 2. The summed E-state index contributed by atoms with van der Waals surface area (Å²) in [5.41, 5.74) is -3.00. The molecule has 2 heterocycles. The Labute approximate surface area is 221 Å². The van der Waals surface area contributed by atoms with Crippen LogP contribution in [-0.4, -0.2) is 28.9 Å². The number of alkyl halides is 3. The highest BCUT2D eigenvalue weighted by atomic mass is 19.4. The van der Waals surface area contributed by atoms with E-state index < -0.39 is 23.3 Å². The molecule has 1 unspecified atom stereocenters. The third-order valence-corrected chi connectivity index (χ3v) is 6.68. The molecule has 39 heavy (non-hydrogen) atoms. The smallest absolute Gasteiger partial charge is 0.427 e. The third-order valence-electron chi connectivity index (χ3n) is 6.68. The lowest BCUT2D eigenvalue weighted by atomic mass is 9.83. The van der Waals surface area contributed by atoms with E-state index in [1.54, 1.807) is 24.3 Å².